The lowest BCUT2D eigenvalue weighted by Gasteiger charge is -2.27. The number of thioether (sulfide) groups is 1. The Morgan fingerprint density at radius 2 is 2.00 bits per heavy atom. The molecule has 1 unspecified atom stereocenters. The first-order valence-electron chi connectivity index (χ1n) is 6.62. The molecule has 0 fully saturated rings. The molecule has 5 heteroatoms. The van der Waals surface area contributed by atoms with Crippen molar-refractivity contribution in [3.63, 3.8) is 0 Å². The lowest BCUT2D eigenvalue weighted by atomic mass is 10.1. The average molecular weight is 293 g/mol. The minimum absolute atomic E-state index is 0.0293. The number of carbonyl (C=O) groups is 2. The number of para-hydroxylation sites is 1. The number of Topliss-reactive ketones (excluding diaryl/α,β-unsaturated/α-hetero) is 1. The Morgan fingerprint density at radius 1 is 1.35 bits per heavy atom. The van der Waals surface area contributed by atoms with Crippen molar-refractivity contribution >= 4 is 29.3 Å². The van der Waals surface area contributed by atoms with E-state index in [1.807, 2.05) is 39.8 Å². The van der Waals surface area contributed by atoms with Crippen molar-refractivity contribution < 1.29 is 14.3 Å². The number of hydrogen-bond donors (Lipinski definition) is 0. The second kappa shape index (κ2) is 5.48. The Morgan fingerprint density at radius 3 is 2.60 bits per heavy atom. The average Bonchev–Trinajstić information content (AvgIpc) is 2.62. The fourth-order valence-corrected chi connectivity index (χ4v) is 3.02. The zero-order valence-corrected chi connectivity index (χ0v) is 13.0. The maximum atomic E-state index is 12.4. The standard InChI is InChI=1S/C15H19NO3S/c1-5-20-13-12(17)10-8-6-7-9-11(10)16(13)14(18)19-15(2,3)4/h6-9,13H,5H2,1-4H3. The molecule has 0 bridgehead atoms. The molecular formula is C15H19NO3S. The van der Waals surface area contributed by atoms with Crippen LogP contribution in [0, 0.1) is 0 Å². The molecule has 1 atom stereocenters. The van der Waals surface area contributed by atoms with Crippen LogP contribution in [0.1, 0.15) is 38.1 Å². The second-order valence-corrected chi connectivity index (χ2v) is 6.90. The van der Waals surface area contributed by atoms with Gasteiger partial charge in [0.1, 0.15) is 11.0 Å². The minimum Gasteiger partial charge on any atom is -0.443 e. The summed E-state index contributed by atoms with van der Waals surface area (Å²) >= 11 is 1.44. The lowest BCUT2D eigenvalue weighted by molar-refractivity contribution is 0.0574. The van der Waals surface area contributed by atoms with E-state index in [0.717, 1.165) is 5.75 Å². The molecule has 1 amide bonds. The Balaban J connectivity index is 2.37. The van der Waals surface area contributed by atoms with Crippen LogP contribution < -0.4 is 4.90 Å². The topological polar surface area (TPSA) is 46.6 Å². The van der Waals surface area contributed by atoms with Crippen LogP contribution in [0.25, 0.3) is 0 Å². The zero-order valence-electron chi connectivity index (χ0n) is 12.2. The van der Waals surface area contributed by atoms with Crippen LogP contribution in [-0.2, 0) is 4.74 Å². The molecule has 1 aromatic carbocycles. The normalized spacial score (nSPS) is 18.1. The number of hydrogen-bond acceptors (Lipinski definition) is 4. The van der Waals surface area contributed by atoms with E-state index in [9.17, 15) is 9.59 Å². The summed E-state index contributed by atoms with van der Waals surface area (Å²) in [5, 5.41) is -0.521. The molecule has 0 saturated heterocycles. The summed E-state index contributed by atoms with van der Waals surface area (Å²) < 4.78 is 5.42. The Hall–Kier alpha value is -1.49. The van der Waals surface area contributed by atoms with Gasteiger partial charge in [-0.15, -0.1) is 11.8 Å². The van der Waals surface area contributed by atoms with Crippen molar-refractivity contribution in [2.45, 2.75) is 38.7 Å². The van der Waals surface area contributed by atoms with Gasteiger partial charge < -0.3 is 4.74 Å². The Kier molecular flexibility index (Phi) is 4.09. The summed E-state index contributed by atoms with van der Waals surface area (Å²) in [6.07, 6.45) is -0.471. The molecule has 0 aromatic heterocycles. The predicted molar refractivity (Wildman–Crippen MR) is 81.4 cm³/mol. The fourth-order valence-electron chi connectivity index (χ4n) is 2.08. The van der Waals surface area contributed by atoms with Gasteiger partial charge in [-0.05, 0) is 38.7 Å². The number of anilines is 1. The SMILES string of the molecule is CCSC1C(=O)c2ccccc2N1C(=O)OC(C)(C)C. The highest BCUT2D eigenvalue weighted by Gasteiger charge is 2.42. The quantitative estimate of drug-likeness (QED) is 0.834. The molecular weight excluding hydrogens is 274 g/mol. The Bertz CT molecular complexity index is 536. The van der Waals surface area contributed by atoms with Crippen molar-refractivity contribution in [3.8, 4) is 0 Å². The van der Waals surface area contributed by atoms with E-state index in [4.69, 9.17) is 4.74 Å². The largest absolute Gasteiger partial charge is 0.443 e. The molecule has 20 heavy (non-hydrogen) atoms. The first-order valence-corrected chi connectivity index (χ1v) is 7.67. The summed E-state index contributed by atoms with van der Waals surface area (Å²) in [5.41, 5.74) is 0.640. The molecule has 1 heterocycles. The highest BCUT2D eigenvalue weighted by molar-refractivity contribution is 8.00. The van der Waals surface area contributed by atoms with E-state index >= 15 is 0 Å². The van der Waals surface area contributed by atoms with Gasteiger partial charge >= 0.3 is 6.09 Å². The van der Waals surface area contributed by atoms with Crippen LogP contribution in [0.15, 0.2) is 24.3 Å². The first-order chi connectivity index (χ1) is 9.35. The number of ether oxygens (including phenoxy) is 1. The molecule has 108 valence electrons. The molecule has 1 aromatic rings. The smallest absolute Gasteiger partial charge is 0.416 e. The number of nitrogens with zero attached hydrogens (tertiary/aromatic N) is 1. The van der Waals surface area contributed by atoms with Gasteiger partial charge in [-0.1, -0.05) is 19.1 Å². The number of rotatable bonds is 2. The second-order valence-electron chi connectivity index (χ2n) is 5.54. The van der Waals surface area contributed by atoms with Crippen molar-refractivity contribution in [1.29, 1.82) is 0 Å². The monoisotopic (exact) mass is 293 g/mol. The van der Waals surface area contributed by atoms with Crippen molar-refractivity contribution in [1.82, 2.24) is 0 Å². The van der Waals surface area contributed by atoms with Gasteiger partial charge in [-0.2, -0.15) is 0 Å². The highest BCUT2D eigenvalue weighted by Crippen LogP contribution is 2.37. The van der Waals surface area contributed by atoms with Crippen LogP contribution in [0.4, 0.5) is 10.5 Å². The third-order valence-electron chi connectivity index (χ3n) is 2.80. The van der Waals surface area contributed by atoms with Crippen LogP contribution in [-0.4, -0.2) is 28.6 Å². The Labute approximate surface area is 123 Å². The van der Waals surface area contributed by atoms with E-state index in [2.05, 4.69) is 0 Å². The van der Waals surface area contributed by atoms with Crippen molar-refractivity contribution in [3.05, 3.63) is 29.8 Å². The minimum atomic E-state index is -0.584. The maximum Gasteiger partial charge on any atom is 0.416 e. The van der Waals surface area contributed by atoms with Crippen LogP contribution >= 0.6 is 11.8 Å². The zero-order chi connectivity index (χ0) is 14.9. The summed E-state index contributed by atoms with van der Waals surface area (Å²) in [4.78, 5) is 26.3. The summed E-state index contributed by atoms with van der Waals surface area (Å²) in [7, 11) is 0. The summed E-state index contributed by atoms with van der Waals surface area (Å²) in [6.45, 7) is 7.41. The van der Waals surface area contributed by atoms with Gasteiger partial charge in [0.2, 0.25) is 0 Å². The van der Waals surface area contributed by atoms with Crippen molar-refractivity contribution in [2.24, 2.45) is 0 Å². The van der Waals surface area contributed by atoms with Gasteiger partial charge in [0.25, 0.3) is 0 Å². The molecule has 0 N–H and O–H groups in total. The van der Waals surface area contributed by atoms with E-state index in [1.54, 1.807) is 12.1 Å². The molecule has 1 aliphatic heterocycles. The number of amides is 1. The number of carbonyl (C=O) groups excluding carboxylic acids is 2. The molecule has 2 rings (SSSR count). The van der Waals surface area contributed by atoms with E-state index < -0.39 is 17.1 Å². The highest BCUT2D eigenvalue weighted by atomic mass is 32.2. The number of ketones is 1. The number of benzene rings is 1. The third-order valence-corrected chi connectivity index (χ3v) is 3.88. The van der Waals surface area contributed by atoms with Gasteiger partial charge in [-0.25, -0.2) is 4.79 Å². The van der Waals surface area contributed by atoms with Gasteiger partial charge in [0.15, 0.2) is 5.78 Å². The molecule has 0 saturated carbocycles. The summed E-state index contributed by atoms with van der Waals surface area (Å²) in [6, 6.07) is 7.17. The maximum absolute atomic E-state index is 12.4. The molecule has 1 aliphatic rings. The summed E-state index contributed by atoms with van der Waals surface area (Å²) in [5.74, 6) is 0.724. The predicted octanol–water partition coefficient (Wildman–Crippen LogP) is 3.70. The lowest BCUT2D eigenvalue weighted by Crippen LogP contribution is -2.41. The van der Waals surface area contributed by atoms with Gasteiger partial charge in [0, 0.05) is 5.56 Å². The van der Waals surface area contributed by atoms with E-state index in [0.29, 0.717) is 11.3 Å². The van der Waals surface area contributed by atoms with Gasteiger partial charge in [-0.3, -0.25) is 9.69 Å². The molecule has 0 spiro atoms. The van der Waals surface area contributed by atoms with Crippen LogP contribution in [0.2, 0.25) is 0 Å². The third kappa shape index (κ3) is 2.82. The number of fused-ring (bicyclic) bond motifs is 1. The molecule has 0 radical (unpaired) electrons. The van der Waals surface area contributed by atoms with Crippen LogP contribution in [0.5, 0.6) is 0 Å². The van der Waals surface area contributed by atoms with Gasteiger partial charge in [0.05, 0.1) is 5.69 Å². The van der Waals surface area contributed by atoms with E-state index in [1.165, 1.54) is 16.7 Å². The fraction of sp³-hybridized carbons (Fsp3) is 0.467. The van der Waals surface area contributed by atoms with Crippen LogP contribution in [0.3, 0.4) is 0 Å². The molecule has 4 nitrogen and oxygen atoms in total. The van der Waals surface area contributed by atoms with E-state index in [-0.39, 0.29) is 5.78 Å². The molecule has 0 aliphatic carbocycles. The van der Waals surface area contributed by atoms with Crippen molar-refractivity contribution in [2.75, 3.05) is 10.7 Å². The first kappa shape index (κ1) is 14.9.